The highest BCUT2D eigenvalue weighted by atomic mass is 16.1. The Balaban J connectivity index is 1.93. The lowest BCUT2D eigenvalue weighted by atomic mass is 9.68. The molecule has 82 valence electrons. The van der Waals surface area contributed by atoms with Gasteiger partial charge in [0.2, 0.25) is 0 Å². The van der Waals surface area contributed by atoms with Gasteiger partial charge in [0, 0.05) is 24.9 Å². The summed E-state index contributed by atoms with van der Waals surface area (Å²) in [7, 11) is 0. The molecule has 0 N–H and O–H groups in total. The van der Waals surface area contributed by atoms with Crippen LogP contribution < -0.4 is 0 Å². The van der Waals surface area contributed by atoms with Gasteiger partial charge in [-0.1, -0.05) is 6.08 Å². The van der Waals surface area contributed by atoms with Crippen molar-refractivity contribution >= 4 is 5.78 Å². The van der Waals surface area contributed by atoms with E-state index in [4.69, 9.17) is 0 Å². The van der Waals surface area contributed by atoms with Gasteiger partial charge < -0.3 is 0 Å². The SMILES string of the molecule is C/C=C1\CN2CCC[C@@H]3CC(=O)[C@@H]1C[C@@H]32. The van der Waals surface area contributed by atoms with Gasteiger partial charge >= 0.3 is 0 Å². The monoisotopic (exact) mass is 205 g/mol. The van der Waals surface area contributed by atoms with Gasteiger partial charge in [0.25, 0.3) is 0 Å². The Bertz CT molecular complexity index is 320. The normalized spacial score (nSPS) is 43.4. The molecule has 3 aliphatic rings. The number of fused-ring (bicyclic) bond motifs is 1. The first-order valence-electron chi connectivity index (χ1n) is 6.21. The van der Waals surface area contributed by atoms with Crippen molar-refractivity contribution in [2.75, 3.05) is 13.1 Å². The maximum Gasteiger partial charge on any atom is 0.140 e. The van der Waals surface area contributed by atoms with Crippen molar-refractivity contribution in [2.45, 2.75) is 38.6 Å². The van der Waals surface area contributed by atoms with Crippen LogP contribution in [-0.2, 0) is 4.79 Å². The largest absolute Gasteiger partial charge is 0.299 e. The quantitative estimate of drug-likeness (QED) is 0.564. The van der Waals surface area contributed by atoms with E-state index in [9.17, 15) is 4.79 Å². The third-order valence-electron chi connectivity index (χ3n) is 4.57. The van der Waals surface area contributed by atoms with Crippen molar-refractivity contribution in [3.05, 3.63) is 11.6 Å². The van der Waals surface area contributed by atoms with Crippen molar-refractivity contribution in [1.82, 2.24) is 4.90 Å². The molecule has 2 saturated heterocycles. The molecule has 1 aliphatic carbocycles. The fraction of sp³-hybridized carbons (Fsp3) is 0.769. The maximum absolute atomic E-state index is 12.0. The molecule has 2 heteroatoms. The molecule has 2 bridgehead atoms. The van der Waals surface area contributed by atoms with E-state index in [1.807, 2.05) is 0 Å². The fourth-order valence-electron chi connectivity index (χ4n) is 3.76. The molecule has 0 radical (unpaired) electrons. The Morgan fingerprint density at radius 3 is 3.13 bits per heavy atom. The van der Waals surface area contributed by atoms with Crippen molar-refractivity contribution in [2.24, 2.45) is 11.8 Å². The summed E-state index contributed by atoms with van der Waals surface area (Å²) in [5.41, 5.74) is 1.39. The number of allylic oxidation sites excluding steroid dienone is 1. The summed E-state index contributed by atoms with van der Waals surface area (Å²) in [5, 5.41) is 0. The lowest BCUT2D eigenvalue weighted by Gasteiger charge is -2.50. The highest BCUT2D eigenvalue weighted by Crippen LogP contribution is 2.42. The smallest absolute Gasteiger partial charge is 0.140 e. The minimum absolute atomic E-state index is 0.283. The number of carbonyl (C=O) groups excluding carboxylic acids is 1. The minimum Gasteiger partial charge on any atom is -0.299 e. The number of piperidine rings is 2. The summed E-state index contributed by atoms with van der Waals surface area (Å²) in [4.78, 5) is 14.6. The Morgan fingerprint density at radius 1 is 1.47 bits per heavy atom. The summed E-state index contributed by atoms with van der Waals surface area (Å²) in [5.74, 6) is 1.48. The highest BCUT2D eigenvalue weighted by molar-refractivity contribution is 5.85. The van der Waals surface area contributed by atoms with Crippen molar-refractivity contribution in [3.8, 4) is 0 Å². The average molecular weight is 205 g/mol. The molecule has 0 aromatic rings. The van der Waals surface area contributed by atoms with E-state index in [0.29, 0.717) is 11.7 Å². The van der Waals surface area contributed by atoms with Gasteiger partial charge in [0.05, 0.1) is 0 Å². The first kappa shape index (κ1) is 9.59. The number of carbonyl (C=O) groups is 1. The molecule has 3 rings (SSSR count). The summed E-state index contributed by atoms with van der Waals surface area (Å²) in [6.45, 7) is 4.40. The van der Waals surface area contributed by atoms with E-state index in [0.717, 1.165) is 25.4 Å². The van der Waals surface area contributed by atoms with E-state index < -0.39 is 0 Å². The standard InChI is InChI=1S/C13H19NO/c1-2-9-8-14-5-3-4-10-6-13(15)11(9)7-12(10)14/h2,10-12H,3-8H2,1H3/b9-2+/t10-,11-,12+/m1/s1. The zero-order valence-corrected chi connectivity index (χ0v) is 9.41. The first-order valence-corrected chi connectivity index (χ1v) is 6.21. The minimum atomic E-state index is 0.283. The lowest BCUT2D eigenvalue weighted by Crippen LogP contribution is -2.55. The van der Waals surface area contributed by atoms with Crippen LogP contribution in [0.15, 0.2) is 11.6 Å². The van der Waals surface area contributed by atoms with Gasteiger partial charge in [-0.2, -0.15) is 0 Å². The first-order chi connectivity index (χ1) is 7.29. The molecule has 0 spiro atoms. The van der Waals surface area contributed by atoms with Gasteiger partial charge in [0.1, 0.15) is 5.78 Å². The van der Waals surface area contributed by atoms with Gasteiger partial charge in [-0.3, -0.25) is 9.69 Å². The number of ketones is 1. The second-order valence-corrected chi connectivity index (χ2v) is 5.26. The van der Waals surface area contributed by atoms with Crippen LogP contribution in [0.1, 0.15) is 32.6 Å². The van der Waals surface area contributed by atoms with Crippen molar-refractivity contribution in [1.29, 1.82) is 0 Å². The number of hydrogen-bond acceptors (Lipinski definition) is 2. The Labute approximate surface area is 91.3 Å². The third kappa shape index (κ3) is 1.38. The summed E-state index contributed by atoms with van der Waals surface area (Å²) in [6, 6.07) is 0.727. The van der Waals surface area contributed by atoms with Crippen molar-refractivity contribution < 1.29 is 4.79 Å². The molecule has 0 aromatic carbocycles. The predicted molar refractivity (Wildman–Crippen MR) is 59.6 cm³/mol. The Hall–Kier alpha value is -0.630. The van der Waals surface area contributed by atoms with Crippen molar-refractivity contribution in [3.63, 3.8) is 0 Å². The fourth-order valence-corrected chi connectivity index (χ4v) is 3.76. The molecule has 2 nitrogen and oxygen atoms in total. The molecule has 2 aliphatic heterocycles. The second kappa shape index (κ2) is 3.44. The van der Waals surface area contributed by atoms with Crippen LogP contribution in [0.4, 0.5) is 0 Å². The Morgan fingerprint density at radius 2 is 2.33 bits per heavy atom. The Kier molecular flexibility index (Phi) is 2.20. The highest BCUT2D eigenvalue weighted by Gasteiger charge is 2.45. The van der Waals surface area contributed by atoms with E-state index >= 15 is 0 Å². The molecule has 1 saturated carbocycles. The summed E-state index contributed by atoms with van der Waals surface area (Å²) >= 11 is 0. The predicted octanol–water partition coefficient (Wildman–Crippen LogP) is 2.01. The van der Waals surface area contributed by atoms with Crippen LogP contribution in [0.5, 0.6) is 0 Å². The maximum atomic E-state index is 12.0. The van der Waals surface area contributed by atoms with Crippen LogP contribution in [0.3, 0.4) is 0 Å². The zero-order chi connectivity index (χ0) is 10.4. The summed E-state index contributed by atoms with van der Waals surface area (Å²) in [6.07, 6.45) is 6.71. The van der Waals surface area contributed by atoms with Gasteiger partial charge in [-0.15, -0.1) is 0 Å². The van der Waals surface area contributed by atoms with Gasteiger partial charge in [-0.05, 0) is 44.2 Å². The molecule has 2 heterocycles. The van der Waals surface area contributed by atoms with E-state index in [1.165, 1.54) is 25.0 Å². The number of rotatable bonds is 0. The average Bonchev–Trinajstić information content (AvgIpc) is 2.28. The van der Waals surface area contributed by atoms with E-state index in [-0.39, 0.29) is 5.92 Å². The number of hydrogen-bond donors (Lipinski definition) is 0. The summed E-state index contributed by atoms with van der Waals surface area (Å²) < 4.78 is 0. The second-order valence-electron chi connectivity index (χ2n) is 5.26. The van der Waals surface area contributed by atoms with Crippen LogP contribution in [0, 0.1) is 11.8 Å². The molecule has 0 aromatic heterocycles. The third-order valence-corrected chi connectivity index (χ3v) is 4.57. The molecule has 3 atom stereocenters. The number of Topliss-reactive ketones (excluding diaryl/α,β-unsaturated/α-hetero) is 1. The molecule has 0 amide bonds. The van der Waals surface area contributed by atoms with Crippen LogP contribution >= 0.6 is 0 Å². The molecule has 15 heavy (non-hydrogen) atoms. The molecule has 3 fully saturated rings. The topological polar surface area (TPSA) is 20.3 Å². The van der Waals surface area contributed by atoms with Gasteiger partial charge in [-0.25, -0.2) is 0 Å². The number of nitrogens with zero attached hydrogens (tertiary/aromatic N) is 1. The molecular formula is C13H19NO. The van der Waals surface area contributed by atoms with Crippen LogP contribution in [-0.4, -0.2) is 29.8 Å². The van der Waals surface area contributed by atoms with E-state index in [2.05, 4.69) is 17.9 Å². The molecular weight excluding hydrogens is 186 g/mol. The van der Waals surface area contributed by atoms with Crippen LogP contribution in [0.2, 0.25) is 0 Å². The van der Waals surface area contributed by atoms with Gasteiger partial charge in [0.15, 0.2) is 0 Å². The van der Waals surface area contributed by atoms with Crippen LogP contribution in [0.25, 0.3) is 0 Å². The van der Waals surface area contributed by atoms with E-state index in [1.54, 1.807) is 0 Å². The zero-order valence-electron chi connectivity index (χ0n) is 9.41. The lowest BCUT2D eigenvalue weighted by molar-refractivity contribution is -0.130. The molecule has 0 unspecified atom stereocenters.